The highest BCUT2D eigenvalue weighted by Crippen LogP contribution is 2.18. The van der Waals surface area contributed by atoms with Crippen molar-refractivity contribution in [2.24, 2.45) is 0 Å². The zero-order valence-corrected chi connectivity index (χ0v) is 12.9. The van der Waals surface area contributed by atoms with E-state index in [1.54, 1.807) is 7.11 Å². The molecule has 4 nitrogen and oxygen atoms in total. The molecular weight excluding hydrogens is 264 g/mol. The third-order valence-electron chi connectivity index (χ3n) is 3.94. The number of fused-ring (bicyclic) bond motifs is 1. The number of methoxy groups -OCH3 is 1. The molecule has 1 aliphatic heterocycles. The Balaban J connectivity index is 1.59. The summed E-state index contributed by atoms with van der Waals surface area (Å²) in [5, 5.41) is 2.98. The van der Waals surface area contributed by atoms with Crippen LogP contribution in [0.25, 0.3) is 0 Å². The number of ether oxygens (including phenoxy) is 1. The molecule has 1 aromatic rings. The van der Waals surface area contributed by atoms with E-state index >= 15 is 0 Å². The van der Waals surface area contributed by atoms with Crippen molar-refractivity contribution in [2.45, 2.75) is 32.2 Å². The molecular formula is C17H26N2O2. The number of nitrogens with zero attached hydrogens (tertiary/aromatic N) is 1. The molecule has 21 heavy (non-hydrogen) atoms. The molecule has 0 atom stereocenters. The molecule has 116 valence electrons. The van der Waals surface area contributed by atoms with Gasteiger partial charge in [0.05, 0.1) is 0 Å². The highest BCUT2D eigenvalue weighted by molar-refractivity contribution is 5.75. The maximum Gasteiger partial charge on any atom is 0.220 e. The van der Waals surface area contributed by atoms with Crippen LogP contribution in [0.4, 0.5) is 0 Å². The number of amides is 1. The molecule has 0 aromatic heterocycles. The third-order valence-corrected chi connectivity index (χ3v) is 3.94. The van der Waals surface area contributed by atoms with Crippen LogP contribution in [0.2, 0.25) is 0 Å². The van der Waals surface area contributed by atoms with E-state index in [0.29, 0.717) is 13.0 Å². The van der Waals surface area contributed by atoms with E-state index in [4.69, 9.17) is 4.74 Å². The Hall–Kier alpha value is -1.39. The largest absolute Gasteiger partial charge is 0.385 e. The Labute approximate surface area is 127 Å². The predicted octanol–water partition coefficient (Wildman–Crippen LogP) is 1.98. The van der Waals surface area contributed by atoms with Crippen LogP contribution in [0.1, 0.15) is 30.4 Å². The van der Waals surface area contributed by atoms with E-state index in [1.807, 2.05) is 0 Å². The van der Waals surface area contributed by atoms with Gasteiger partial charge in [0.15, 0.2) is 0 Å². The van der Waals surface area contributed by atoms with Crippen LogP contribution >= 0.6 is 0 Å². The lowest BCUT2D eigenvalue weighted by Gasteiger charge is -2.28. The van der Waals surface area contributed by atoms with Crippen LogP contribution in [0.5, 0.6) is 0 Å². The van der Waals surface area contributed by atoms with Crippen LogP contribution in [0.15, 0.2) is 24.3 Å². The van der Waals surface area contributed by atoms with Gasteiger partial charge in [-0.1, -0.05) is 24.3 Å². The second-order valence-electron chi connectivity index (χ2n) is 5.59. The van der Waals surface area contributed by atoms with Crippen LogP contribution in [-0.2, 0) is 22.5 Å². The molecule has 0 saturated heterocycles. The van der Waals surface area contributed by atoms with Crippen LogP contribution in [0, 0.1) is 0 Å². The molecule has 4 heteroatoms. The number of carbonyl (C=O) groups excluding carboxylic acids is 1. The van der Waals surface area contributed by atoms with Crippen LogP contribution in [0.3, 0.4) is 0 Å². The fourth-order valence-electron chi connectivity index (χ4n) is 2.74. The Morgan fingerprint density at radius 1 is 1.29 bits per heavy atom. The molecule has 1 aromatic carbocycles. The highest BCUT2D eigenvalue weighted by Gasteiger charge is 2.14. The van der Waals surface area contributed by atoms with Gasteiger partial charge in [0.2, 0.25) is 5.91 Å². The zero-order chi connectivity index (χ0) is 14.9. The van der Waals surface area contributed by atoms with Crippen molar-refractivity contribution in [3.05, 3.63) is 35.4 Å². The topological polar surface area (TPSA) is 41.6 Å². The van der Waals surface area contributed by atoms with Crippen molar-refractivity contribution in [1.82, 2.24) is 10.2 Å². The normalized spacial score (nSPS) is 14.7. The van der Waals surface area contributed by atoms with E-state index in [1.165, 1.54) is 11.1 Å². The lowest BCUT2D eigenvalue weighted by atomic mass is 10.00. The molecule has 0 radical (unpaired) electrons. The molecule has 0 bridgehead atoms. The van der Waals surface area contributed by atoms with E-state index in [9.17, 15) is 4.79 Å². The first-order chi connectivity index (χ1) is 10.3. The van der Waals surface area contributed by atoms with Gasteiger partial charge in [0.1, 0.15) is 0 Å². The average Bonchev–Trinajstić information content (AvgIpc) is 2.52. The molecule has 1 amide bonds. The molecule has 1 aliphatic rings. The monoisotopic (exact) mass is 290 g/mol. The first-order valence-electron chi connectivity index (χ1n) is 7.84. The summed E-state index contributed by atoms with van der Waals surface area (Å²) in [6.45, 7) is 4.63. The summed E-state index contributed by atoms with van der Waals surface area (Å²) >= 11 is 0. The zero-order valence-electron chi connectivity index (χ0n) is 12.9. The summed E-state index contributed by atoms with van der Waals surface area (Å²) in [6.07, 6.45) is 3.51. The summed E-state index contributed by atoms with van der Waals surface area (Å²) in [7, 11) is 1.66. The predicted molar refractivity (Wildman–Crippen MR) is 84.2 cm³/mol. The Bertz CT molecular complexity index is 448. The number of rotatable bonds is 8. The van der Waals surface area contributed by atoms with Gasteiger partial charge in [-0.2, -0.15) is 0 Å². The number of nitrogens with one attached hydrogen (secondary N) is 1. The standard InChI is InChI=1S/C17H26N2O2/c1-21-13-4-8-17(20)18-10-5-11-19-12-9-15-6-2-3-7-16(15)14-19/h2-3,6-7H,4-5,8-14H2,1H3,(H,18,20). The minimum atomic E-state index is 0.135. The maximum atomic E-state index is 11.6. The molecule has 2 rings (SSSR count). The second-order valence-corrected chi connectivity index (χ2v) is 5.59. The van der Waals surface area contributed by atoms with Gasteiger partial charge < -0.3 is 10.1 Å². The molecule has 0 aliphatic carbocycles. The lowest BCUT2D eigenvalue weighted by Crippen LogP contribution is -2.33. The summed E-state index contributed by atoms with van der Waals surface area (Å²) in [5.41, 5.74) is 2.94. The SMILES string of the molecule is COCCCC(=O)NCCCN1CCc2ccccc2C1. The first kappa shape index (κ1) is 16.0. The molecule has 1 N–H and O–H groups in total. The van der Waals surface area contributed by atoms with Gasteiger partial charge >= 0.3 is 0 Å². The maximum absolute atomic E-state index is 11.6. The lowest BCUT2D eigenvalue weighted by molar-refractivity contribution is -0.121. The second kappa shape index (κ2) is 8.80. The summed E-state index contributed by atoms with van der Waals surface area (Å²) in [4.78, 5) is 14.0. The van der Waals surface area contributed by atoms with Crippen molar-refractivity contribution in [3.63, 3.8) is 0 Å². The third kappa shape index (κ3) is 5.48. The van der Waals surface area contributed by atoms with E-state index in [-0.39, 0.29) is 5.91 Å². The fourth-order valence-corrected chi connectivity index (χ4v) is 2.74. The number of hydrogen-bond acceptors (Lipinski definition) is 3. The number of benzene rings is 1. The fraction of sp³-hybridized carbons (Fsp3) is 0.588. The summed E-state index contributed by atoms with van der Waals surface area (Å²) in [6, 6.07) is 8.68. The van der Waals surface area contributed by atoms with E-state index in [0.717, 1.165) is 45.4 Å². The number of hydrogen-bond donors (Lipinski definition) is 1. The van der Waals surface area contributed by atoms with Crippen molar-refractivity contribution in [1.29, 1.82) is 0 Å². The molecule has 1 heterocycles. The van der Waals surface area contributed by atoms with E-state index < -0.39 is 0 Å². The van der Waals surface area contributed by atoms with E-state index in [2.05, 4.69) is 34.5 Å². The van der Waals surface area contributed by atoms with Crippen LogP contribution < -0.4 is 5.32 Å². The number of carbonyl (C=O) groups is 1. The Kier molecular flexibility index (Phi) is 6.70. The van der Waals surface area contributed by atoms with Crippen molar-refractivity contribution in [2.75, 3.05) is 33.4 Å². The van der Waals surface area contributed by atoms with Gasteiger partial charge in [-0.05, 0) is 30.4 Å². The minimum Gasteiger partial charge on any atom is -0.385 e. The van der Waals surface area contributed by atoms with Gasteiger partial charge in [0, 0.05) is 46.3 Å². The smallest absolute Gasteiger partial charge is 0.220 e. The molecule has 0 spiro atoms. The quantitative estimate of drug-likeness (QED) is 0.744. The summed E-state index contributed by atoms with van der Waals surface area (Å²) in [5.74, 6) is 0.135. The molecule has 0 unspecified atom stereocenters. The van der Waals surface area contributed by atoms with Crippen molar-refractivity contribution >= 4 is 5.91 Å². The van der Waals surface area contributed by atoms with Gasteiger partial charge in [-0.15, -0.1) is 0 Å². The highest BCUT2D eigenvalue weighted by atomic mass is 16.5. The first-order valence-corrected chi connectivity index (χ1v) is 7.84. The van der Waals surface area contributed by atoms with Gasteiger partial charge in [-0.25, -0.2) is 0 Å². The Morgan fingerprint density at radius 2 is 2.10 bits per heavy atom. The van der Waals surface area contributed by atoms with Crippen LogP contribution in [-0.4, -0.2) is 44.2 Å². The van der Waals surface area contributed by atoms with Crippen molar-refractivity contribution in [3.8, 4) is 0 Å². The molecule has 0 saturated carbocycles. The van der Waals surface area contributed by atoms with Gasteiger partial charge in [-0.3, -0.25) is 9.69 Å². The molecule has 0 fully saturated rings. The Morgan fingerprint density at radius 3 is 2.90 bits per heavy atom. The summed E-state index contributed by atoms with van der Waals surface area (Å²) < 4.78 is 4.94. The van der Waals surface area contributed by atoms with Crippen molar-refractivity contribution < 1.29 is 9.53 Å². The average molecular weight is 290 g/mol. The minimum absolute atomic E-state index is 0.135. The van der Waals surface area contributed by atoms with Gasteiger partial charge in [0.25, 0.3) is 0 Å².